The molecular weight excluding hydrogens is 366 g/mol. The van der Waals surface area contributed by atoms with Crippen LogP contribution in [0.2, 0.25) is 5.02 Å². The van der Waals surface area contributed by atoms with E-state index in [4.69, 9.17) is 21.1 Å². The third-order valence-electron chi connectivity index (χ3n) is 3.98. The van der Waals surface area contributed by atoms with Gasteiger partial charge in [-0.15, -0.1) is 0 Å². The maximum absolute atomic E-state index is 12.1. The van der Waals surface area contributed by atoms with Crippen molar-refractivity contribution in [1.29, 1.82) is 0 Å². The summed E-state index contributed by atoms with van der Waals surface area (Å²) >= 11 is 6.19. The molecule has 0 bridgehead atoms. The lowest BCUT2D eigenvalue weighted by molar-refractivity contribution is -0.119. The van der Waals surface area contributed by atoms with Crippen LogP contribution in [0, 0.1) is 6.92 Å². The third-order valence-corrected chi connectivity index (χ3v) is 4.22. The van der Waals surface area contributed by atoms with Crippen LogP contribution in [0.5, 0.6) is 0 Å². The molecule has 0 radical (unpaired) electrons. The van der Waals surface area contributed by atoms with Crippen molar-refractivity contribution in [3.8, 4) is 0 Å². The summed E-state index contributed by atoms with van der Waals surface area (Å²) in [5, 5.41) is 3.32. The summed E-state index contributed by atoms with van der Waals surface area (Å²) in [5.41, 5.74) is 3.20. The highest BCUT2D eigenvalue weighted by Gasteiger charge is 2.19. The molecule has 0 aromatic heterocycles. The molecule has 0 aliphatic heterocycles. The fraction of sp³-hybridized carbons (Fsp3) is 0.333. The number of halogens is 1. The lowest BCUT2D eigenvalue weighted by atomic mass is 9.96. The van der Waals surface area contributed by atoms with Gasteiger partial charge in [0.15, 0.2) is 0 Å². The van der Waals surface area contributed by atoms with Crippen LogP contribution in [-0.2, 0) is 14.3 Å². The summed E-state index contributed by atoms with van der Waals surface area (Å²) in [6.45, 7) is 6.23. The predicted molar refractivity (Wildman–Crippen MR) is 105 cm³/mol. The summed E-state index contributed by atoms with van der Waals surface area (Å²) in [4.78, 5) is 23.2. The molecule has 6 heteroatoms. The second kappa shape index (κ2) is 10.1. The predicted octanol–water partition coefficient (Wildman–Crippen LogP) is 4.07. The number of carbonyl (C=O) groups excluding carboxylic acids is 2. The van der Waals surface area contributed by atoms with Gasteiger partial charge in [-0.3, -0.25) is 4.79 Å². The molecule has 1 amide bonds. The van der Waals surface area contributed by atoms with Crippen LogP contribution in [0.15, 0.2) is 42.5 Å². The molecule has 2 rings (SSSR count). The van der Waals surface area contributed by atoms with Gasteiger partial charge in [0.25, 0.3) is 0 Å². The number of hydrogen-bond acceptors (Lipinski definition) is 4. The molecule has 0 aliphatic rings. The van der Waals surface area contributed by atoms with Gasteiger partial charge in [-0.1, -0.05) is 29.8 Å². The van der Waals surface area contributed by atoms with Crippen LogP contribution in [-0.4, -0.2) is 31.6 Å². The van der Waals surface area contributed by atoms with Gasteiger partial charge >= 0.3 is 5.97 Å². The minimum atomic E-state index is -0.424. The van der Waals surface area contributed by atoms with E-state index in [1.807, 2.05) is 31.2 Å². The number of esters is 1. The first-order chi connectivity index (χ1) is 12.9. The van der Waals surface area contributed by atoms with E-state index >= 15 is 0 Å². The molecule has 0 spiro atoms. The quantitative estimate of drug-likeness (QED) is 0.546. The van der Waals surface area contributed by atoms with Crippen molar-refractivity contribution in [3.63, 3.8) is 0 Å². The Morgan fingerprint density at radius 3 is 2.67 bits per heavy atom. The average molecular weight is 390 g/mol. The highest BCUT2D eigenvalue weighted by Crippen LogP contribution is 2.31. The Labute approximate surface area is 164 Å². The Bertz CT molecular complexity index is 807. The third kappa shape index (κ3) is 6.08. The van der Waals surface area contributed by atoms with Gasteiger partial charge in [0.1, 0.15) is 6.10 Å². The maximum Gasteiger partial charge on any atom is 0.338 e. The number of nitrogens with one attached hydrogen (secondary N) is 1. The number of aryl methyl sites for hydroxylation is 1. The minimum absolute atomic E-state index is 0.113. The standard InChI is InChI=1S/C21H24ClNO4/c1-4-26-21(25)17-7-5-6-16(12-17)20(27-11-10-23-15(3)24)19-13-18(22)9-8-14(19)2/h5-9,12-13,20H,4,10-11H2,1-3H3,(H,23,24). The molecule has 144 valence electrons. The number of benzene rings is 2. The minimum Gasteiger partial charge on any atom is -0.462 e. The van der Waals surface area contributed by atoms with Gasteiger partial charge in [0, 0.05) is 18.5 Å². The van der Waals surface area contributed by atoms with Crippen molar-refractivity contribution in [2.75, 3.05) is 19.8 Å². The maximum atomic E-state index is 12.1. The highest BCUT2D eigenvalue weighted by atomic mass is 35.5. The lowest BCUT2D eigenvalue weighted by Gasteiger charge is -2.22. The second-order valence-electron chi connectivity index (χ2n) is 6.08. The summed E-state index contributed by atoms with van der Waals surface area (Å²) in [6, 6.07) is 12.8. The Balaban J connectivity index is 2.34. The van der Waals surface area contributed by atoms with Gasteiger partial charge in [-0.2, -0.15) is 0 Å². The number of amides is 1. The van der Waals surface area contributed by atoms with Crippen molar-refractivity contribution < 1.29 is 19.1 Å². The molecule has 27 heavy (non-hydrogen) atoms. The molecule has 2 aromatic rings. The Morgan fingerprint density at radius 1 is 1.19 bits per heavy atom. The van der Waals surface area contributed by atoms with Crippen molar-refractivity contribution in [2.24, 2.45) is 0 Å². The highest BCUT2D eigenvalue weighted by molar-refractivity contribution is 6.30. The number of rotatable bonds is 8. The normalized spacial score (nSPS) is 11.7. The molecule has 0 fully saturated rings. The molecule has 1 atom stereocenters. The zero-order valence-corrected chi connectivity index (χ0v) is 16.5. The molecule has 1 unspecified atom stereocenters. The molecule has 0 heterocycles. The fourth-order valence-electron chi connectivity index (χ4n) is 2.71. The van der Waals surface area contributed by atoms with Crippen molar-refractivity contribution >= 4 is 23.5 Å². The largest absolute Gasteiger partial charge is 0.462 e. The van der Waals surface area contributed by atoms with Crippen LogP contribution in [0.4, 0.5) is 0 Å². The average Bonchev–Trinajstić information content (AvgIpc) is 2.64. The van der Waals surface area contributed by atoms with Gasteiger partial charge in [-0.25, -0.2) is 4.79 Å². The first-order valence-electron chi connectivity index (χ1n) is 8.81. The summed E-state index contributed by atoms with van der Waals surface area (Å²) in [7, 11) is 0. The van der Waals surface area contributed by atoms with E-state index in [-0.39, 0.29) is 11.9 Å². The molecule has 0 saturated heterocycles. The van der Waals surface area contributed by atoms with E-state index in [2.05, 4.69) is 5.32 Å². The number of ether oxygens (including phenoxy) is 2. The zero-order valence-electron chi connectivity index (χ0n) is 15.8. The first-order valence-corrected chi connectivity index (χ1v) is 9.19. The van der Waals surface area contributed by atoms with Crippen LogP contribution < -0.4 is 5.32 Å². The first kappa shape index (κ1) is 20.9. The molecule has 0 saturated carbocycles. The van der Waals surface area contributed by atoms with Crippen LogP contribution in [0.3, 0.4) is 0 Å². The lowest BCUT2D eigenvalue weighted by Crippen LogP contribution is -2.25. The van der Waals surface area contributed by atoms with Crippen molar-refractivity contribution in [2.45, 2.75) is 26.9 Å². The van der Waals surface area contributed by atoms with E-state index in [0.29, 0.717) is 30.3 Å². The van der Waals surface area contributed by atoms with Crippen LogP contribution in [0.25, 0.3) is 0 Å². The van der Waals surface area contributed by atoms with Crippen LogP contribution in [0.1, 0.15) is 47.0 Å². The fourth-order valence-corrected chi connectivity index (χ4v) is 2.89. The van der Waals surface area contributed by atoms with Gasteiger partial charge < -0.3 is 14.8 Å². The summed E-state index contributed by atoms with van der Waals surface area (Å²) < 4.78 is 11.2. The van der Waals surface area contributed by atoms with Gasteiger partial charge in [0.2, 0.25) is 5.91 Å². The van der Waals surface area contributed by atoms with Gasteiger partial charge in [0.05, 0.1) is 18.8 Å². The van der Waals surface area contributed by atoms with E-state index in [1.54, 1.807) is 25.1 Å². The Hall–Kier alpha value is -2.37. The monoisotopic (exact) mass is 389 g/mol. The SMILES string of the molecule is CCOC(=O)c1cccc(C(OCCNC(C)=O)c2cc(Cl)ccc2C)c1. The van der Waals surface area contributed by atoms with Crippen LogP contribution >= 0.6 is 11.6 Å². The number of hydrogen-bond donors (Lipinski definition) is 1. The summed E-state index contributed by atoms with van der Waals surface area (Å²) in [6.07, 6.45) is -0.424. The second-order valence-corrected chi connectivity index (χ2v) is 6.52. The van der Waals surface area contributed by atoms with E-state index in [1.165, 1.54) is 6.92 Å². The zero-order chi connectivity index (χ0) is 19.8. The van der Waals surface area contributed by atoms with E-state index in [9.17, 15) is 9.59 Å². The van der Waals surface area contributed by atoms with Crippen molar-refractivity contribution in [3.05, 3.63) is 69.7 Å². The Morgan fingerprint density at radius 2 is 1.96 bits per heavy atom. The van der Waals surface area contributed by atoms with Crippen molar-refractivity contribution in [1.82, 2.24) is 5.32 Å². The van der Waals surface area contributed by atoms with E-state index in [0.717, 1.165) is 16.7 Å². The van der Waals surface area contributed by atoms with E-state index < -0.39 is 6.10 Å². The number of carbonyl (C=O) groups is 2. The molecular formula is C21H24ClNO4. The molecule has 1 N–H and O–H groups in total. The molecule has 0 aliphatic carbocycles. The Kier molecular flexibility index (Phi) is 7.82. The molecule has 5 nitrogen and oxygen atoms in total. The smallest absolute Gasteiger partial charge is 0.338 e. The van der Waals surface area contributed by atoms with Gasteiger partial charge in [-0.05, 0) is 54.8 Å². The topological polar surface area (TPSA) is 64.6 Å². The molecule has 2 aromatic carbocycles. The summed E-state index contributed by atoms with van der Waals surface area (Å²) in [5.74, 6) is -0.488.